The maximum absolute atomic E-state index is 12.4. The van der Waals surface area contributed by atoms with Crippen LogP contribution < -0.4 is 5.32 Å². The second kappa shape index (κ2) is 45.3. The van der Waals surface area contributed by atoms with Crippen molar-refractivity contribution in [2.45, 2.75) is 270 Å². The number of hydrogen-bond acceptors (Lipinski definition) is 4. The molecule has 324 valence electrons. The molecule has 0 aliphatic carbocycles. The number of carbonyl (C=O) groups is 1. The molecular formula is C50H95NO4. The van der Waals surface area contributed by atoms with E-state index >= 15 is 0 Å². The van der Waals surface area contributed by atoms with E-state index in [1.165, 1.54) is 193 Å². The average molecular weight is 774 g/mol. The number of amides is 1. The summed E-state index contributed by atoms with van der Waals surface area (Å²) in [6.07, 6.45) is 57.9. The highest BCUT2D eigenvalue weighted by Crippen LogP contribution is 2.16. The normalized spacial score (nSPS) is 13.8. The third-order valence-corrected chi connectivity index (χ3v) is 11.2. The number of hydrogen-bond donors (Lipinski definition) is 4. The fourth-order valence-corrected chi connectivity index (χ4v) is 7.37. The fourth-order valence-electron chi connectivity index (χ4n) is 7.37. The van der Waals surface area contributed by atoms with E-state index in [9.17, 15) is 20.1 Å². The zero-order valence-corrected chi connectivity index (χ0v) is 36.8. The quantitative estimate of drug-likeness (QED) is 0.0367. The Bertz CT molecular complexity index is 855. The third kappa shape index (κ3) is 40.6. The second-order valence-corrected chi connectivity index (χ2v) is 16.7. The lowest BCUT2D eigenvalue weighted by molar-refractivity contribution is -0.131. The number of unbranched alkanes of at least 4 members (excludes halogenated alkanes) is 32. The average Bonchev–Trinajstić information content (AvgIpc) is 3.19. The van der Waals surface area contributed by atoms with Crippen molar-refractivity contribution in [3.05, 3.63) is 36.5 Å². The van der Waals surface area contributed by atoms with Crippen LogP contribution in [-0.2, 0) is 4.79 Å². The first-order valence-corrected chi connectivity index (χ1v) is 24.3. The van der Waals surface area contributed by atoms with Crippen molar-refractivity contribution in [1.82, 2.24) is 5.32 Å². The lowest BCUT2D eigenvalue weighted by atomic mass is 10.0. The van der Waals surface area contributed by atoms with Crippen LogP contribution in [0.1, 0.15) is 251 Å². The summed E-state index contributed by atoms with van der Waals surface area (Å²) >= 11 is 0. The van der Waals surface area contributed by atoms with Crippen LogP contribution in [0.4, 0.5) is 0 Å². The van der Waals surface area contributed by atoms with Gasteiger partial charge in [0.05, 0.1) is 18.8 Å². The molecule has 5 heteroatoms. The zero-order valence-electron chi connectivity index (χ0n) is 36.8. The molecule has 1 amide bonds. The molecule has 55 heavy (non-hydrogen) atoms. The van der Waals surface area contributed by atoms with E-state index in [1.807, 2.05) is 6.08 Å². The van der Waals surface area contributed by atoms with Crippen molar-refractivity contribution in [3.8, 4) is 0 Å². The van der Waals surface area contributed by atoms with E-state index in [0.29, 0.717) is 6.42 Å². The number of aliphatic hydroxyl groups excluding tert-OH is 3. The predicted octanol–water partition coefficient (Wildman–Crippen LogP) is 14.3. The van der Waals surface area contributed by atoms with Gasteiger partial charge in [0.25, 0.3) is 0 Å². The van der Waals surface area contributed by atoms with Crippen LogP contribution >= 0.6 is 0 Å². The minimum Gasteiger partial charge on any atom is -0.394 e. The topological polar surface area (TPSA) is 89.8 Å². The highest BCUT2D eigenvalue weighted by atomic mass is 16.3. The molecule has 0 aromatic heterocycles. The Hall–Kier alpha value is -1.43. The van der Waals surface area contributed by atoms with Crippen LogP contribution in [0.2, 0.25) is 0 Å². The van der Waals surface area contributed by atoms with Crippen molar-refractivity contribution in [3.63, 3.8) is 0 Å². The molecule has 4 N–H and O–H groups in total. The van der Waals surface area contributed by atoms with Crippen LogP contribution in [0.15, 0.2) is 36.5 Å². The Morgan fingerprint density at radius 2 is 0.745 bits per heavy atom. The lowest BCUT2D eigenvalue weighted by Gasteiger charge is -2.21. The molecule has 0 fully saturated rings. The Labute approximate surface area is 343 Å². The first-order valence-electron chi connectivity index (χ1n) is 24.3. The van der Waals surface area contributed by atoms with Gasteiger partial charge in [-0.15, -0.1) is 0 Å². The second-order valence-electron chi connectivity index (χ2n) is 16.7. The van der Waals surface area contributed by atoms with Gasteiger partial charge in [0.1, 0.15) is 6.10 Å². The maximum atomic E-state index is 12.4. The maximum Gasteiger partial charge on any atom is 0.249 e. The van der Waals surface area contributed by atoms with Crippen molar-refractivity contribution in [2.75, 3.05) is 6.61 Å². The molecule has 0 saturated carbocycles. The SMILES string of the molecule is CCCCCC/C=C/CC/C=C/C(O)C(CO)NC(=O)C(O)CCCCCCCCCCCCCCCCC/C=C\CCCCCCCCCCCCCC. The van der Waals surface area contributed by atoms with Crippen LogP contribution in [0.25, 0.3) is 0 Å². The first-order chi connectivity index (χ1) is 27.1. The Morgan fingerprint density at radius 1 is 0.436 bits per heavy atom. The smallest absolute Gasteiger partial charge is 0.249 e. The monoisotopic (exact) mass is 774 g/mol. The molecule has 0 spiro atoms. The molecule has 0 rings (SSSR count). The van der Waals surface area contributed by atoms with E-state index in [0.717, 1.165) is 38.5 Å². The molecule has 3 atom stereocenters. The molecule has 0 aromatic rings. The summed E-state index contributed by atoms with van der Waals surface area (Å²) in [6, 6.07) is -0.811. The zero-order chi connectivity index (χ0) is 40.1. The molecule has 0 radical (unpaired) electrons. The van der Waals surface area contributed by atoms with Crippen molar-refractivity contribution < 1.29 is 20.1 Å². The number of nitrogens with one attached hydrogen (secondary N) is 1. The number of allylic oxidation sites excluding steroid dienone is 5. The fraction of sp³-hybridized carbons (Fsp3) is 0.860. The van der Waals surface area contributed by atoms with E-state index in [-0.39, 0.29) is 6.61 Å². The predicted molar refractivity (Wildman–Crippen MR) is 241 cm³/mol. The summed E-state index contributed by atoms with van der Waals surface area (Å²) in [5.41, 5.74) is 0. The third-order valence-electron chi connectivity index (χ3n) is 11.2. The summed E-state index contributed by atoms with van der Waals surface area (Å²) in [7, 11) is 0. The van der Waals surface area contributed by atoms with Gasteiger partial charge in [-0.2, -0.15) is 0 Å². The van der Waals surface area contributed by atoms with Gasteiger partial charge in [0.2, 0.25) is 5.91 Å². The molecule has 0 aliphatic heterocycles. The van der Waals surface area contributed by atoms with Crippen LogP contribution in [0, 0.1) is 0 Å². The van der Waals surface area contributed by atoms with Gasteiger partial charge >= 0.3 is 0 Å². The van der Waals surface area contributed by atoms with Gasteiger partial charge in [-0.3, -0.25) is 4.79 Å². The van der Waals surface area contributed by atoms with E-state index in [1.54, 1.807) is 6.08 Å². The Morgan fingerprint density at radius 3 is 1.13 bits per heavy atom. The van der Waals surface area contributed by atoms with Gasteiger partial charge in [-0.25, -0.2) is 0 Å². The molecule has 5 nitrogen and oxygen atoms in total. The van der Waals surface area contributed by atoms with E-state index in [4.69, 9.17) is 0 Å². The number of aliphatic hydroxyl groups is 3. The molecule has 0 bridgehead atoms. The van der Waals surface area contributed by atoms with Crippen LogP contribution in [0.3, 0.4) is 0 Å². The standard InChI is InChI=1S/C50H95NO4/c1-3-5-7-9-11-13-15-16-17-18-19-20-21-22-23-24-25-26-27-28-29-30-31-32-33-34-35-37-39-41-43-45-49(54)50(55)51-47(46-52)48(53)44-42-40-38-36-14-12-10-8-6-4-2/h14,22-23,36,42,44,47-49,52-54H,3-13,15-21,24-35,37-41,43,45-46H2,1-2H3,(H,51,55)/b23-22-,36-14+,44-42+. The Balaban J connectivity index is 3.51. The van der Waals surface area contributed by atoms with Crippen LogP contribution in [-0.4, -0.2) is 46.1 Å². The van der Waals surface area contributed by atoms with Gasteiger partial charge < -0.3 is 20.6 Å². The Kier molecular flexibility index (Phi) is 44.1. The highest BCUT2D eigenvalue weighted by molar-refractivity contribution is 5.80. The van der Waals surface area contributed by atoms with Gasteiger partial charge in [-0.05, 0) is 57.8 Å². The minimum absolute atomic E-state index is 0.376. The van der Waals surface area contributed by atoms with Crippen molar-refractivity contribution >= 4 is 5.91 Å². The molecule has 3 unspecified atom stereocenters. The molecule has 0 aromatic carbocycles. The van der Waals surface area contributed by atoms with E-state index < -0.39 is 24.2 Å². The minimum atomic E-state index is -1.10. The molecule has 0 aliphatic rings. The summed E-state index contributed by atoms with van der Waals surface area (Å²) in [4.78, 5) is 12.4. The van der Waals surface area contributed by atoms with Crippen LogP contribution in [0.5, 0.6) is 0 Å². The van der Waals surface area contributed by atoms with Gasteiger partial charge in [0.15, 0.2) is 0 Å². The van der Waals surface area contributed by atoms with Gasteiger partial charge in [0, 0.05) is 0 Å². The highest BCUT2D eigenvalue weighted by Gasteiger charge is 2.22. The first kappa shape index (κ1) is 53.6. The molecule has 0 saturated heterocycles. The number of rotatable bonds is 44. The van der Waals surface area contributed by atoms with E-state index in [2.05, 4.69) is 43.5 Å². The largest absolute Gasteiger partial charge is 0.394 e. The summed E-state index contributed by atoms with van der Waals surface area (Å²) in [5.74, 6) is -0.513. The van der Waals surface area contributed by atoms with Crippen molar-refractivity contribution in [1.29, 1.82) is 0 Å². The summed E-state index contributed by atoms with van der Waals surface area (Å²) in [5, 5.41) is 33.0. The summed E-state index contributed by atoms with van der Waals surface area (Å²) < 4.78 is 0. The number of carbonyl (C=O) groups excluding carboxylic acids is 1. The summed E-state index contributed by atoms with van der Waals surface area (Å²) in [6.45, 7) is 4.14. The van der Waals surface area contributed by atoms with Crippen molar-refractivity contribution in [2.24, 2.45) is 0 Å². The lowest BCUT2D eigenvalue weighted by Crippen LogP contribution is -2.48. The molecule has 0 heterocycles. The van der Waals surface area contributed by atoms with Gasteiger partial charge in [-0.1, -0.05) is 230 Å². The molecular weight excluding hydrogens is 679 g/mol.